The molecule has 3 amide bonds. The highest BCUT2D eigenvalue weighted by Crippen LogP contribution is 2.45. The Bertz CT molecular complexity index is 1410. The number of imide groups is 1. The molecule has 0 spiro atoms. The molecule has 34 heavy (non-hydrogen) atoms. The number of carbonyl (C=O) groups excluding carboxylic acids is 3. The van der Waals surface area contributed by atoms with Crippen molar-refractivity contribution in [2.75, 3.05) is 4.90 Å². The highest BCUT2D eigenvalue weighted by atomic mass is 35.5. The van der Waals surface area contributed by atoms with Gasteiger partial charge in [0.05, 0.1) is 32.1 Å². The summed E-state index contributed by atoms with van der Waals surface area (Å²) in [4.78, 5) is 52.2. The lowest BCUT2D eigenvalue weighted by Crippen LogP contribution is -2.67. The number of non-ortho nitro benzene ring substituents is 1. The van der Waals surface area contributed by atoms with Crippen molar-refractivity contribution in [1.82, 2.24) is 4.90 Å². The van der Waals surface area contributed by atoms with E-state index in [1.165, 1.54) is 47.4 Å². The number of carbonyl (C=O) groups is 3. The number of hydrogen-bond donors (Lipinski definition) is 0. The van der Waals surface area contributed by atoms with Crippen molar-refractivity contribution in [1.29, 1.82) is 0 Å². The Morgan fingerprint density at radius 3 is 2.12 bits per heavy atom. The van der Waals surface area contributed by atoms with E-state index in [1.807, 2.05) is 0 Å². The minimum atomic E-state index is -1.24. The van der Waals surface area contributed by atoms with Gasteiger partial charge in [0.25, 0.3) is 23.4 Å². The Morgan fingerprint density at radius 1 is 0.794 bits per heavy atom. The molecule has 0 radical (unpaired) electrons. The first-order valence-corrected chi connectivity index (χ1v) is 10.6. The Labute approximate surface area is 201 Å². The topological polar surface area (TPSA) is 101 Å². The summed E-state index contributed by atoms with van der Waals surface area (Å²) >= 11 is 12.1. The minimum absolute atomic E-state index is 0.0331. The van der Waals surface area contributed by atoms with E-state index in [1.54, 1.807) is 6.07 Å². The molecule has 0 bridgehead atoms. The number of nitrogens with zero attached hydrogens (tertiary/aromatic N) is 3. The molecule has 1 saturated heterocycles. The molecule has 0 N–H and O–H groups in total. The maximum Gasteiger partial charge on any atom is 0.270 e. The molecular formula is C23H12Cl2FN3O5. The molecule has 170 valence electrons. The summed E-state index contributed by atoms with van der Waals surface area (Å²) in [5, 5.41) is 11.6. The van der Waals surface area contributed by atoms with Gasteiger partial charge >= 0.3 is 0 Å². The van der Waals surface area contributed by atoms with Gasteiger partial charge in [-0.2, -0.15) is 0 Å². The lowest BCUT2D eigenvalue weighted by molar-refractivity contribution is -0.384. The summed E-state index contributed by atoms with van der Waals surface area (Å²) in [6, 6.07) is 11.1. The second-order valence-electron chi connectivity index (χ2n) is 7.72. The minimum Gasteiger partial charge on any atom is -0.300 e. The molecule has 11 heteroatoms. The number of hydrogen-bond acceptors (Lipinski definition) is 5. The number of β-lactam (4-membered cyclic amide) rings is 1. The monoisotopic (exact) mass is 499 g/mol. The molecular weight excluding hydrogens is 488 g/mol. The average molecular weight is 500 g/mol. The van der Waals surface area contributed by atoms with Crippen molar-refractivity contribution in [2.24, 2.45) is 0 Å². The molecule has 2 heterocycles. The highest BCUT2D eigenvalue weighted by Gasteiger charge is 2.57. The van der Waals surface area contributed by atoms with Crippen LogP contribution in [0.25, 0.3) is 0 Å². The van der Waals surface area contributed by atoms with Crippen LogP contribution in [0, 0.1) is 15.9 Å². The van der Waals surface area contributed by atoms with Gasteiger partial charge in [-0.15, -0.1) is 0 Å². The summed E-state index contributed by atoms with van der Waals surface area (Å²) < 4.78 is 13.6. The third kappa shape index (κ3) is 3.24. The van der Waals surface area contributed by atoms with Gasteiger partial charge < -0.3 is 4.90 Å². The zero-order valence-corrected chi connectivity index (χ0v) is 18.5. The van der Waals surface area contributed by atoms with Crippen LogP contribution >= 0.6 is 23.2 Å². The maximum atomic E-state index is 13.6. The second-order valence-corrected chi connectivity index (χ2v) is 8.53. The number of benzene rings is 3. The van der Waals surface area contributed by atoms with Gasteiger partial charge in [-0.1, -0.05) is 35.3 Å². The first kappa shape index (κ1) is 22.0. The Morgan fingerprint density at radius 2 is 1.47 bits per heavy atom. The average Bonchev–Trinajstić information content (AvgIpc) is 3.05. The van der Waals surface area contributed by atoms with Crippen molar-refractivity contribution in [3.05, 3.63) is 103 Å². The summed E-state index contributed by atoms with van der Waals surface area (Å²) in [5.41, 5.74) is 0.304. The fourth-order valence-corrected chi connectivity index (χ4v) is 4.55. The van der Waals surface area contributed by atoms with Crippen LogP contribution in [0.2, 0.25) is 10.0 Å². The molecule has 2 aliphatic heterocycles. The summed E-state index contributed by atoms with van der Waals surface area (Å²) in [6.07, 6.45) is 0. The van der Waals surface area contributed by atoms with Gasteiger partial charge in [0, 0.05) is 17.8 Å². The molecule has 2 unspecified atom stereocenters. The number of halogens is 3. The van der Waals surface area contributed by atoms with Gasteiger partial charge in [0.1, 0.15) is 11.9 Å². The van der Waals surface area contributed by atoms with Gasteiger partial charge in [-0.3, -0.25) is 29.4 Å². The number of nitro groups is 1. The van der Waals surface area contributed by atoms with Crippen LogP contribution in [-0.2, 0) is 4.79 Å². The van der Waals surface area contributed by atoms with Crippen LogP contribution in [0.15, 0.2) is 60.7 Å². The summed E-state index contributed by atoms with van der Waals surface area (Å²) in [7, 11) is 0. The standard InChI is InChI=1S/C23H12Cl2FN3O5/c24-17-8-6-13(10-18(17)25)27-19(11-1-3-12(26)4-2-11)20(23(27)32)28-21(30)15-7-5-14(29(33)34)9-16(15)22(28)31/h1-10,19-20H. The van der Waals surface area contributed by atoms with Gasteiger partial charge in [0.15, 0.2) is 0 Å². The normalized spacial score (nSPS) is 19.3. The molecule has 0 saturated carbocycles. The molecule has 2 atom stereocenters. The van der Waals surface area contributed by atoms with Crippen molar-refractivity contribution >= 4 is 52.3 Å². The SMILES string of the molecule is O=C1c2ccc([N+](=O)[O-])cc2C(=O)N1C1C(=O)N(c2ccc(Cl)c(Cl)c2)C1c1ccc(F)cc1. The number of anilines is 1. The Hall–Kier alpha value is -3.82. The third-order valence-electron chi connectivity index (χ3n) is 5.85. The van der Waals surface area contributed by atoms with E-state index in [-0.39, 0.29) is 26.9 Å². The van der Waals surface area contributed by atoms with E-state index in [2.05, 4.69) is 0 Å². The number of nitro benzene ring substituents is 1. The van der Waals surface area contributed by atoms with Crippen molar-refractivity contribution in [2.45, 2.75) is 12.1 Å². The second kappa shape index (κ2) is 7.89. The van der Waals surface area contributed by atoms with Crippen LogP contribution in [0.3, 0.4) is 0 Å². The molecule has 2 aliphatic rings. The zero-order valence-electron chi connectivity index (χ0n) is 16.9. The largest absolute Gasteiger partial charge is 0.300 e. The van der Waals surface area contributed by atoms with E-state index in [4.69, 9.17) is 23.2 Å². The molecule has 1 fully saturated rings. The molecule has 3 aromatic rings. The van der Waals surface area contributed by atoms with Gasteiger partial charge in [-0.05, 0) is 42.0 Å². The summed E-state index contributed by atoms with van der Waals surface area (Å²) in [6.45, 7) is 0. The van der Waals surface area contributed by atoms with Crippen LogP contribution in [0.4, 0.5) is 15.8 Å². The van der Waals surface area contributed by atoms with Crippen LogP contribution in [0.5, 0.6) is 0 Å². The van der Waals surface area contributed by atoms with E-state index in [0.717, 1.165) is 17.0 Å². The fraction of sp³-hybridized carbons (Fsp3) is 0.0870. The Kier molecular flexibility index (Phi) is 5.11. The Balaban J connectivity index is 1.58. The quantitative estimate of drug-likeness (QED) is 0.222. The molecule has 3 aromatic carbocycles. The van der Waals surface area contributed by atoms with Gasteiger partial charge in [-0.25, -0.2) is 4.39 Å². The van der Waals surface area contributed by atoms with E-state index >= 15 is 0 Å². The lowest BCUT2D eigenvalue weighted by Gasteiger charge is -2.49. The van der Waals surface area contributed by atoms with Crippen LogP contribution in [0.1, 0.15) is 32.3 Å². The molecule has 0 aliphatic carbocycles. The maximum absolute atomic E-state index is 13.6. The van der Waals surface area contributed by atoms with Crippen LogP contribution in [-0.4, -0.2) is 33.6 Å². The molecule has 8 nitrogen and oxygen atoms in total. The third-order valence-corrected chi connectivity index (χ3v) is 6.59. The first-order valence-electron chi connectivity index (χ1n) is 9.89. The van der Waals surface area contributed by atoms with E-state index in [9.17, 15) is 28.9 Å². The van der Waals surface area contributed by atoms with Crippen molar-refractivity contribution < 1.29 is 23.7 Å². The van der Waals surface area contributed by atoms with Crippen molar-refractivity contribution in [3.63, 3.8) is 0 Å². The van der Waals surface area contributed by atoms with Crippen LogP contribution < -0.4 is 4.90 Å². The summed E-state index contributed by atoms with van der Waals surface area (Å²) in [5.74, 6) is -2.63. The number of amides is 3. The molecule has 5 rings (SSSR count). The highest BCUT2D eigenvalue weighted by molar-refractivity contribution is 6.42. The zero-order chi connectivity index (χ0) is 24.3. The fourth-order valence-electron chi connectivity index (χ4n) is 4.25. The van der Waals surface area contributed by atoms with E-state index < -0.39 is 40.5 Å². The number of rotatable bonds is 4. The van der Waals surface area contributed by atoms with E-state index in [0.29, 0.717) is 11.3 Å². The first-order chi connectivity index (χ1) is 16.2. The van der Waals surface area contributed by atoms with Gasteiger partial charge in [0.2, 0.25) is 0 Å². The number of fused-ring (bicyclic) bond motifs is 1. The molecule has 0 aromatic heterocycles. The predicted molar refractivity (Wildman–Crippen MR) is 120 cm³/mol. The lowest BCUT2D eigenvalue weighted by atomic mass is 9.86. The predicted octanol–water partition coefficient (Wildman–Crippen LogP) is 4.79. The van der Waals surface area contributed by atoms with Crippen molar-refractivity contribution in [3.8, 4) is 0 Å². The smallest absolute Gasteiger partial charge is 0.270 e.